The minimum Gasteiger partial charge on any atom is -0.384 e. The lowest BCUT2D eigenvalue weighted by molar-refractivity contribution is -0.135. The van der Waals surface area contributed by atoms with Crippen molar-refractivity contribution in [2.24, 2.45) is 17.3 Å². The number of hydrogen-bond donors (Lipinski definition) is 1. The van der Waals surface area contributed by atoms with E-state index in [0.717, 1.165) is 45.6 Å². The van der Waals surface area contributed by atoms with Crippen LogP contribution < -0.4 is 5.32 Å². The Hall–Kier alpha value is -0.610. The van der Waals surface area contributed by atoms with E-state index < -0.39 is 0 Å². The third-order valence-corrected chi connectivity index (χ3v) is 5.32. The summed E-state index contributed by atoms with van der Waals surface area (Å²) >= 11 is 0. The average Bonchev–Trinajstić information content (AvgIpc) is 3.13. The number of nitrogens with zero attached hydrogens (tertiary/aromatic N) is 1. The number of carbonyl (C=O) groups excluding carboxylic acids is 1. The second kappa shape index (κ2) is 5.41. The fraction of sp³-hybridized carbons (Fsp3) is 0.933. The molecule has 1 amide bonds. The number of ether oxygens (including phenoxy) is 1. The standard InChI is InChI=1S/C15H26N2O2/c1-19-11-12-3-2-8-17(10-12)14(18)13-9-15(13)4-6-16-7-5-15/h12-13,16H,2-11H2,1H3. The van der Waals surface area contributed by atoms with Crippen LogP contribution in [-0.4, -0.2) is 50.7 Å². The van der Waals surface area contributed by atoms with E-state index in [-0.39, 0.29) is 0 Å². The van der Waals surface area contributed by atoms with Crippen molar-refractivity contribution in [1.82, 2.24) is 10.2 Å². The number of nitrogens with one attached hydrogen (secondary N) is 1. The number of rotatable bonds is 3. The van der Waals surface area contributed by atoms with Crippen molar-refractivity contribution >= 4 is 5.91 Å². The average molecular weight is 266 g/mol. The first-order chi connectivity index (χ1) is 9.25. The van der Waals surface area contributed by atoms with Crippen molar-refractivity contribution in [2.75, 3.05) is 39.9 Å². The Morgan fingerprint density at radius 1 is 1.42 bits per heavy atom. The van der Waals surface area contributed by atoms with E-state index in [9.17, 15) is 4.79 Å². The van der Waals surface area contributed by atoms with Crippen LogP contribution >= 0.6 is 0 Å². The van der Waals surface area contributed by atoms with Crippen LogP contribution in [0.1, 0.15) is 32.1 Å². The van der Waals surface area contributed by atoms with E-state index in [4.69, 9.17) is 4.74 Å². The zero-order valence-corrected chi connectivity index (χ0v) is 12.0. The molecule has 0 aromatic rings. The molecule has 2 aliphatic heterocycles. The van der Waals surface area contributed by atoms with Gasteiger partial charge in [-0.3, -0.25) is 4.79 Å². The molecule has 1 aliphatic carbocycles. The largest absolute Gasteiger partial charge is 0.384 e. The first-order valence-electron chi connectivity index (χ1n) is 7.74. The van der Waals surface area contributed by atoms with Crippen LogP contribution in [0.15, 0.2) is 0 Å². The lowest BCUT2D eigenvalue weighted by Crippen LogP contribution is -2.43. The van der Waals surface area contributed by atoms with Gasteiger partial charge in [-0.2, -0.15) is 0 Å². The summed E-state index contributed by atoms with van der Waals surface area (Å²) in [6, 6.07) is 0. The Morgan fingerprint density at radius 2 is 2.21 bits per heavy atom. The number of carbonyl (C=O) groups is 1. The van der Waals surface area contributed by atoms with Gasteiger partial charge in [0.25, 0.3) is 0 Å². The quantitative estimate of drug-likeness (QED) is 0.836. The van der Waals surface area contributed by atoms with Crippen molar-refractivity contribution < 1.29 is 9.53 Å². The highest BCUT2D eigenvalue weighted by molar-refractivity contribution is 5.82. The molecule has 0 aromatic carbocycles. The Morgan fingerprint density at radius 3 is 2.95 bits per heavy atom. The van der Waals surface area contributed by atoms with Crippen molar-refractivity contribution in [2.45, 2.75) is 32.1 Å². The highest BCUT2D eigenvalue weighted by Crippen LogP contribution is 2.59. The van der Waals surface area contributed by atoms with Gasteiger partial charge < -0.3 is 15.0 Å². The van der Waals surface area contributed by atoms with Gasteiger partial charge in [-0.1, -0.05) is 0 Å². The molecule has 4 nitrogen and oxygen atoms in total. The summed E-state index contributed by atoms with van der Waals surface area (Å²) in [6.07, 6.45) is 5.87. The van der Waals surface area contributed by atoms with E-state index in [1.54, 1.807) is 7.11 Å². The lowest BCUT2D eigenvalue weighted by atomic mass is 9.91. The first kappa shape index (κ1) is 13.4. The molecule has 2 unspecified atom stereocenters. The van der Waals surface area contributed by atoms with Crippen LogP contribution in [0.5, 0.6) is 0 Å². The molecule has 1 spiro atoms. The zero-order valence-electron chi connectivity index (χ0n) is 12.0. The van der Waals surface area contributed by atoms with Crippen LogP contribution in [0.3, 0.4) is 0 Å². The molecule has 3 fully saturated rings. The van der Waals surface area contributed by atoms with E-state index in [1.165, 1.54) is 19.3 Å². The summed E-state index contributed by atoms with van der Waals surface area (Å²) in [5, 5.41) is 3.40. The van der Waals surface area contributed by atoms with E-state index in [1.807, 2.05) is 0 Å². The van der Waals surface area contributed by atoms with Gasteiger partial charge >= 0.3 is 0 Å². The SMILES string of the molecule is COCC1CCCN(C(=O)C2CC23CCNCC3)C1. The van der Waals surface area contributed by atoms with Crippen LogP contribution in [0, 0.1) is 17.3 Å². The molecule has 3 rings (SSSR count). The number of piperidine rings is 2. The molecule has 1 N–H and O–H groups in total. The number of amides is 1. The van der Waals surface area contributed by atoms with Gasteiger partial charge in [0.15, 0.2) is 0 Å². The molecular weight excluding hydrogens is 240 g/mol. The van der Waals surface area contributed by atoms with Crippen molar-refractivity contribution in [1.29, 1.82) is 0 Å². The summed E-state index contributed by atoms with van der Waals surface area (Å²) in [5.74, 6) is 1.31. The van der Waals surface area contributed by atoms with Gasteiger partial charge in [-0.05, 0) is 56.5 Å². The van der Waals surface area contributed by atoms with Crippen molar-refractivity contribution in [3.05, 3.63) is 0 Å². The summed E-state index contributed by atoms with van der Waals surface area (Å²) in [6.45, 7) is 4.86. The molecule has 108 valence electrons. The van der Waals surface area contributed by atoms with Crippen LogP contribution in [0.2, 0.25) is 0 Å². The molecule has 2 heterocycles. The normalized spacial score (nSPS) is 33.4. The Labute approximate surface area is 115 Å². The second-order valence-electron chi connectivity index (χ2n) is 6.62. The first-order valence-corrected chi connectivity index (χ1v) is 7.74. The Kier molecular flexibility index (Phi) is 3.81. The van der Waals surface area contributed by atoms with Crippen molar-refractivity contribution in [3.8, 4) is 0 Å². The predicted molar refractivity (Wildman–Crippen MR) is 73.8 cm³/mol. The fourth-order valence-corrected chi connectivity index (χ4v) is 4.03. The highest BCUT2D eigenvalue weighted by Gasteiger charge is 2.58. The zero-order chi connectivity index (χ0) is 13.3. The van der Waals surface area contributed by atoms with Gasteiger partial charge in [0.05, 0.1) is 6.61 Å². The monoisotopic (exact) mass is 266 g/mol. The fourth-order valence-electron chi connectivity index (χ4n) is 4.03. The molecule has 3 aliphatic rings. The van der Waals surface area contributed by atoms with Crippen molar-refractivity contribution in [3.63, 3.8) is 0 Å². The van der Waals surface area contributed by atoms with Crippen LogP contribution in [0.4, 0.5) is 0 Å². The smallest absolute Gasteiger partial charge is 0.226 e. The predicted octanol–water partition coefficient (Wildman–Crippen LogP) is 1.26. The molecule has 0 radical (unpaired) electrons. The number of methoxy groups -OCH3 is 1. The Balaban J connectivity index is 1.56. The molecule has 1 saturated carbocycles. The second-order valence-corrected chi connectivity index (χ2v) is 6.62. The van der Waals surface area contributed by atoms with E-state index in [0.29, 0.717) is 23.2 Å². The van der Waals surface area contributed by atoms with Gasteiger partial charge in [-0.25, -0.2) is 0 Å². The lowest BCUT2D eigenvalue weighted by Gasteiger charge is -2.33. The maximum Gasteiger partial charge on any atom is 0.226 e. The van der Waals surface area contributed by atoms with Gasteiger partial charge in [0.2, 0.25) is 5.91 Å². The summed E-state index contributed by atoms with van der Waals surface area (Å²) in [5.41, 5.74) is 0.372. The van der Waals surface area contributed by atoms with Gasteiger partial charge in [0.1, 0.15) is 0 Å². The summed E-state index contributed by atoms with van der Waals surface area (Å²) in [7, 11) is 1.76. The molecule has 2 atom stereocenters. The minimum atomic E-state index is 0.330. The summed E-state index contributed by atoms with van der Waals surface area (Å²) in [4.78, 5) is 14.8. The van der Waals surface area contributed by atoms with Gasteiger partial charge in [-0.15, -0.1) is 0 Å². The number of likely N-dealkylation sites (tertiary alicyclic amines) is 1. The number of hydrogen-bond acceptors (Lipinski definition) is 3. The molecule has 4 heteroatoms. The van der Waals surface area contributed by atoms with Crippen LogP contribution in [-0.2, 0) is 9.53 Å². The van der Waals surface area contributed by atoms with Gasteiger partial charge in [0, 0.05) is 26.1 Å². The van der Waals surface area contributed by atoms with E-state index >= 15 is 0 Å². The summed E-state index contributed by atoms with van der Waals surface area (Å²) < 4.78 is 5.25. The third kappa shape index (κ3) is 2.65. The Bertz CT molecular complexity index is 337. The maximum absolute atomic E-state index is 12.6. The molecule has 2 saturated heterocycles. The topological polar surface area (TPSA) is 41.6 Å². The van der Waals surface area contributed by atoms with Crippen LogP contribution in [0.25, 0.3) is 0 Å². The molecule has 0 aromatic heterocycles. The minimum absolute atomic E-state index is 0.330. The molecule has 0 bridgehead atoms. The highest BCUT2D eigenvalue weighted by atomic mass is 16.5. The molecular formula is C15H26N2O2. The molecule has 19 heavy (non-hydrogen) atoms. The third-order valence-electron chi connectivity index (χ3n) is 5.32. The maximum atomic E-state index is 12.6. The van der Waals surface area contributed by atoms with E-state index in [2.05, 4.69) is 10.2 Å².